The maximum atomic E-state index is 13.3. The van der Waals surface area contributed by atoms with Crippen molar-refractivity contribution in [2.24, 2.45) is 0 Å². The molecule has 0 aliphatic heterocycles. The highest BCUT2D eigenvalue weighted by atomic mass is 19.4. The summed E-state index contributed by atoms with van der Waals surface area (Å²) in [6, 6.07) is 18.0. The van der Waals surface area contributed by atoms with E-state index >= 15 is 0 Å². The van der Waals surface area contributed by atoms with E-state index in [1.165, 1.54) is 36.4 Å². The lowest BCUT2D eigenvalue weighted by molar-refractivity contribution is -0.138. The molecule has 39 heavy (non-hydrogen) atoms. The summed E-state index contributed by atoms with van der Waals surface area (Å²) >= 11 is 0. The summed E-state index contributed by atoms with van der Waals surface area (Å²) in [5, 5.41) is 28.8. The SMILES string of the molecule is N#Cc1ccc(NC(=O)c2cc3cccc(NC(=O)Cc4ccccc4C(F)(F)F)c3[nH]2)c(-c2nn[nH]n2)c1. The number of nitrogens with one attached hydrogen (secondary N) is 4. The van der Waals surface area contributed by atoms with Crippen LogP contribution in [0.25, 0.3) is 22.3 Å². The molecule has 2 heterocycles. The number of rotatable bonds is 6. The number of aromatic amines is 2. The van der Waals surface area contributed by atoms with Crippen LogP contribution in [0.2, 0.25) is 0 Å². The van der Waals surface area contributed by atoms with E-state index in [0.717, 1.165) is 6.07 Å². The van der Waals surface area contributed by atoms with Gasteiger partial charge < -0.3 is 15.6 Å². The van der Waals surface area contributed by atoms with Gasteiger partial charge in [0, 0.05) is 10.9 Å². The monoisotopic (exact) mass is 530 g/mol. The van der Waals surface area contributed by atoms with Crippen molar-refractivity contribution >= 4 is 34.1 Å². The van der Waals surface area contributed by atoms with Gasteiger partial charge in [0.1, 0.15) is 5.69 Å². The molecule has 0 fully saturated rings. The zero-order valence-electron chi connectivity index (χ0n) is 19.8. The van der Waals surface area contributed by atoms with E-state index in [2.05, 4.69) is 36.2 Å². The number of para-hydroxylation sites is 1. The molecular weight excluding hydrogens is 513 g/mol. The van der Waals surface area contributed by atoms with Gasteiger partial charge in [-0.05, 0) is 47.2 Å². The first-order valence-corrected chi connectivity index (χ1v) is 11.4. The molecule has 0 unspecified atom stereocenters. The average molecular weight is 530 g/mol. The molecule has 13 heteroatoms. The first-order chi connectivity index (χ1) is 18.7. The highest BCUT2D eigenvalue weighted by Gasteiger charge is 2.33. The number of nitriles is 1. The molecule has 2 aromatic heterocycles. The molecule has 0 aliphatic rings. The van der Waals surface area contributed by atoms with Crippen LogP contribution in [0, 0.1) is 11.3 Å². The highest BCUT2D eigenvalue weighted by Crippen LogP contribution is 2.32. The van der Waals surface area contributed by atoms with Gasteiger partial charge >= 0.3 is 6.18 Å². The lowest BCUT2D eigenvalue weighted by atomic mass is 10.0. The summed E-state index contributed by atoms with van der Waals surface area (Å²) in [4.78, 5) is 28.7. The van der Waals surface area contributed by atoms with E-state index in [0.29, 0.717) is 33.4 Å². The third kappa shape index (κ3) is 5.30. The Balaban J connectivity index is 1.38. The summed E-state index contributed by atoms with van der Waals surface area (Å²) in [6.45, 7) is 0. The van der Waals surface area contributed by atoms with E-state index < -0.39 is 30.0 Å². The Bertz CT molecular complexity index is 1740. The van der Waals surface area contributed by atoms with Gasteiger partial charge in [0.25, 0.3) is 5.91 Å². The zero-order chi connectivity index (χ0) is 27.6. The minimum absolute atomic E-state index is 0.150. The van der Waals surface area contributed by atoms with Gasteiger partial charge in [-0.1, -0.05) is 30.3 Å². The smallest absolute Gasteiger partial charge is 0.349 e. The normalized spacial score (nSPS) is 11.2. The van der Waals surface area contributed by atoms with Crippen LogP contribution in [0.3, 0.4) is 0 Å². The molecular formula is C26H17F3N8O2. The molecule has 4 N–H and O–H groups in total. The molecule has 2 amide bonds. The second kappa shape index (κ2) is 10.1. The average Bonchev–Trinajstić information content (AvgIpc) is 3.60. The molecule has 0 atom stereocenters. The zero-order valence-corrected chi connectivity index (χ0v) is 19.8. The summed E-state index contributed by atoms with van der Waals surface area (Å²) in [7, 11) is 0. The van der Waals surface area contributed by atoms with Crippen molar-refractivity contribution in [3.63, 3.8) is 0 Å². The fraction of sp³-hybridized carbons (Fsp3) is 0.0769. The van der Waals surface area contributed by atoms with Crippen molar-refractivity contribution in [1.29, 1.82) is 5.26 Å². The van der Waals surface area contributed by atoms with Crippen LogP contribution in [0.1, 0.15) is 27.2 Å². The second-order valence-electron chi connectivity index (χ2n) is 8.39. The lowest BCUT2D eigenvalue weighted by Gasteiger charge is -2.13. The lowest BCUT2D eigenvalue weighted by Crippen LogP contribution is -2.18. The predicted molar refractivity (Wildman–Crippen MR) is 134 cm³/mol. The number of carbonyl (C=O) groups excluding carboxylic acids is 2. The maximum absolute atomic E-state index is 13.3. The molecule has 10 nitrogen and oxygen atoms in total. The number of aromatic nitrogens is 5. The van der Waals surface area contributed by atoms with Gasteiger partial charge in [-0.2, -0.15) is 23.6 Å². The van der Waals surface area contributed by atoms with Gasteiger partial charge in [0.15, 0.2) is 0 Å². The van der Waals surface area contributed by atoms with Gasteiger partial charge in [0.05, 0.1) is 40.5 Å². The molecule has 0 spiro atoms. The molecule has 0 radical (unpaired) electrons. The summed E-state index contributed by atoms with van der Waals surface area (Å²) in [6.07, 6.45) is -5.07. The first-order valence-electron chi connectivity index (χ1n) is 11.4. The Morgan fingerprint density at radius 1 is 0.974 bits per heavy atom. The number of alkyl halides is 3. The maximum Gasteiger partial charge on any atom is 0.416 e. The van der Waals surface area contributed by atoms with Gasteiger partial charge in [-0.3, -0.25) is 9.59 Å². The molecule has 3 aromatic carbocycles. The van der Waals surface area contributed by atoms with Gasteiger partial charge in [0.2, 0.25) is 11.7 Å². The third-order valence-corrected chi connectivity index (χ3v) is 5.83. The number of benzene rings is 3. The summed E-state index contributed by atoms with van der Waals surface area (Å²) in [5.41, 5.74) is 0.871. The fourth-order valence-corrected chi connectivity index (χ4v) is 4.07. The van der Waals surface area contributed by atoms with Crippen LogP contribution < -0.4 is 10.6 Å². The number of hydrogen-bond acceptors (Lipinski definition) is 6. The standard InChI is InChI=1S/C26H17F3N8O2/c27-26(28,29)18-6-2-1-4-15(18)12-22(38)31-20-7-3-5-16-11-21(32-23(16)20)25(39)33-19-9-8-14(13-30)10-17(19)24-34-36-37-35-24/h1-11,32H,12H2,(H,31,38)(H,33,39)(H,34,35,36,37). The van der Waals surface area contributed by atoms with Crippen LogP contribution >= 0.6 is 0 Å². The first kappa shape index (κ1) is 25.2. The van der Waals surface area contributed by atoms with Crippen molar-refractivity contribution < 1.29 is 22.8 Å². The third-order valence-electron chi connectivity index (χ3n) is 5.83. The molecule has 0 aliphatic carbocycles. The van der Waals surface area contributed by atoms with Crippen LogP contribution in [-0.2, 0) is 17.4 Å². The number of carbonyl (C=O) groups is 2. The van der Waals surface area contributed by atoms with Crippen molar-refractivity contribution in [2.75, 3.05) is 10.6 Å². The summed E-state index contributed by atoms with van der Waals surface area (Å²) in [5.74, 6) is -1.00. The topological polar surface area (TPSA) is 152 Å². The Kier molecular flexibility index (Phi) is 6.51. The minimum atomic E-state index is -4.59. The van der Waals surface area contributed by atoms with Crippen molar-refractivity contribution in [3.8, 4) is 17.5 Å². The second-order valence-corrected chi connectivity index (χ2v) is 8.39. The van der Waals surface area contributed by atoms with E-state index in [1.807, 2.05) is 6.07 Å². The van der Waals surface area contributed by atoms with Crippen molar-refractivity contribution in [3.05, 3.63) is 89.1 Å². The molecule has 194 valence electrons. The Hall–Kier alpha value is -5.51. The van der Waals surface area contributed by atoms with Gasteiger partial charge in [-0.25, -0.2) is 0 Å². The number of anilines is 2. The Morgan fingerprint density at radius 3 is 2.54 bits per heavy atom. The molecule has 5 rings (SSSR count). The predicted octanol–water partition coefficient (Wildman–Crippen LogP) is 4.67. The number of fused-ring (bicyclic) bond motifs is 1. The van der Waals surface area contributed by atoms with Crippen LogP contribution in [0.4, 0.5) is 24.5 Å². The molecule has 0 saturated carbocycles. The molecule has 0 bridgehead atoms. The van der Waals surface area contributed by atoms with E-state index in [4.69, 9.17) is 0 Å². The highest BCUT2D eigenvalue weighted by molar-refractivity contribution is 6.09. The van der Waals surface area contributed by atoms with Crippen molar-refractivity contribution in [2.45, 2.75) is 12.6 Å². The van der Waals surface area contributed by atoms with Crippen molar-refractivity contribution in [1.82, 2.24) is 25.6 Å². The Labute approximate surface area is 217 Å². The van der Waals surface area contributed by atoms with E-state index in [-0.39, 0.29) is 17.1 Å². The minimum Gasteiger partial charge on any atom is -0.349 e. The number of hydrogen-bond donors (Lipinski definition) is 4. The summed E-state index contributed by atoms with van der Waals surface area (Å²) < 4.78 is 39.9. The number of H-pyrrole nitrogens is 2. The van der Waals surface area contributed by atoms with Gasteiger partial charge in [-0.15, -0.1) is 10.2 Å². The van der Waals surface area contributed by atoms with Crippen LogP contribution in [-0.4, -0.2) is 37.4 Å². The quantitative estimate of drug-likeness (QED) is 0.250. The van der Waals surface area contributed by atoms with E-state index in [1.54, 1.807) is 24.3 Å². The van der Waals surface area contributed by atoms with E-state index in [9.17, 15) is 28.0 Å². The largest absolute Gasteiger partial charge is 0.416 e. The number of nitrogens with zero attached hydrogens (tertiary/aromatic N) is 4. The van der Waals surface area contributed by atoms with Crippen LogP contribution in [0.5, 0.6) is 0 Å². The number of halogens is 3. The fourth-order valence-electron chi connectivity index (χ4n) is 4.07. The number of amides is 2. The molecule has 0 saturated heterocycles. The Morgan fingerprint density at radius 2 is 1.79 bits per heavy atom. The van der Waals surface area contributed by atoms with Crippen LogP contribution in [0.15, 0.2) is 66.7 Å². The number of tetrazole rings is 1. The molecule has 5 aromatic rings.